The largest absolute Gasteiger partial charge is 0.465 e. The molecule has 3 rings (SSSR count). The number of ether oxygens (including phenoxy) is 15. The van der Waals surface area contributed by atoms with Gasteiger partial charge in [-0.3, -0.25) is 47.9 Å². The van der Waals surface area contributed by atoms with Crippen molar-refractivity contribution in [3.8, 4) is 0 Å². The Labute approximate surface area is 480 Å². The van der Waals surface area contributed by atoms with Crippen LogP contribution in [0.5, 0.6) is 0 Å². The molecule has 30 nitrogen and oxygen atoms in total. The first-order chi connectivity index (χ1) is 39.6. The maximum Gasteiger partial charge on any atom is 0.303 e. The van der Waals surface area contributed by atoms with E-state index in [9.17, 15) is 47.9 Å². The van der Waals surface area contributed by atoms with E-state index in [1.54, 1.807) is 0 Å². The zero-order valence-electron chi connectivity index (χ0n) is 48.2. The average molecular weight is 1190 g/mol. The van der Waals surface area contributed by atoms with Crippen molar-refractivity contribution in [3.05, 3.63) is 29.3 Å². The summed E-state index contributed by atoms with van der Waals surface area (Å²) in [6.45, 7) is 11.7. The number of esters is 6. The third-order valence-corrected chi connectivity index (χ3v) is 11.7. The van der Waals surface area contributed by atoms with Gasteiger partial charge in [0.1, 0.15) is 24.9 Å². The van der Waals surface area contributed by atoms with Crippen LogP contribution in [-0.4, -0.2) is 233 Å². The van der Waals surface area contributed by atoms with Gasteiger partial charge in [0.05, 0.1) is 111 Å². The quantitative estimate of drug-likeness (QED) is 0.0226. The third-order valence-electron chi connectivity index (χ3n) is 11.7. The van der Waals surface area contributed by atoms with Crippen molar-refractivity contribution in [2.24, 2.45) is 5.92 Å². The fourth-order valence-electron chi connectivity index (χ4n) is 8.51. The topological polar surface area (TPSA) is 383 Å². The van der Waals surface area contributed by atoms with Crippen LogP contribution < -0.4 is 27.0 Å². The number of benzene rings is 1. The van der Waals surface area contributed by atoms with Crippen LogP contribution in [-0.2, 0) is 109 Å². The van der Waals surface area contributed by atoms with Crippen molar-refractivity contribution < 1.29 is 119 Å². The van der Waals surface area contributed by atoms with Crippen LogP contribution in [0.3, 0.4) is 0 Å². The van der Waals surface area contributed by atoms with Gasteiger partial charge in [-0.25, -0.2) is 0 Å². The zero-order valence-corrected chi connectivity index (χ0v) is 48.2. The van der Waals surface area contributed by atoms with Gasteiger partial charge in [0.2, 0.25) is 11.8 Å². The molecule has 2 fully saturated rings. The Kier molecular flexibility index (Phi) is 33.2. The van der Waals surface area contributed by atoms with E-state index in [0.29, 0.717) is 0 Å². The summed E-state index contributed by atoms with van der Waals surface area (Å²) < 4.78 is 83.4. The van der Waals surface area contributed by atoms with E-state index in [2.05, 4.69) is 21.3 Å². The highest BCUT2D eigenvalue weighted by atomic mass is 16.7. The lowest BCUT2D eigenvalue weighted by molar-refractivity contribution is -0.279. The maximum atomic E-state index is 12.9. The Bertz CT molecular complexity index is 2110. The fourth-order valence-corrected chi connectivity index (χ4v) is 8.51. The van der Waals surface area contributed by atoms with Gasteiger partial charge < -0.3 is 98.1 Å². The summed E-state index contributed by atoms with van der Waals surface area (Å²) in [7, 11) is 0. The molecule has 1 aliphatic heterocycles. The molecule has 0 aromatic heterocycles. The smallest absolute Gasteiger partial charge is 0.303 e. The Balaban J connectivity index is 1.26. The lowest BCUT2D eigenvalue weighted by Gasteiger charge is -2.45. The molecule has 2 unspecified atom stereocenters. The van der Waals surface area contributed by atoms with E-state index < -0.39 is 120 Å². The molecule has 1 saturated carbocycles. The summed E-state index contributed by atoms with van der Waals surface area (Å²) in [5.41, 5.74) is 6.56. The molecule has 2 aliphatic rings. The molecule has 1 aromatic carbocycles. The van der Waals surface area contributed by atoms with Gasteiger partial charge in [-0.2, -0.15) is 0 Å². The maximum absolute atomic E-state index is 12.9. The van der Waals surface area contributed by atoms with Crippen molar-refractivity contribution >= 4 is 65.1 Å². The van der Waals surface area contributed by atoms with Gasteiger partial charge in [-0.05, 0) is 24.6 Å². The number of hydrogen-bond acceptors (Lipinski definition) is 26. The van der Waals surface area contributed by atoms with Crippen molar-refractivity contribution in [1.82, 2.24) is 21.3 Å². The van der Waals surface area contributed by atoms with E-state index in [1.807, 2.05) is 0 Å². The number of anilines is 1. The molecule has 1 saturated heterocycles. The highest BCUT2D eigenvalue weighted by Crippen LogP contribution is 2.33. The second-order valence-corrected chi connectivity index (χ2v) is 18.7. The summed E-state index contributed by atoms with van der Waals surface area (Å²) in [5.74, 6) is -6.47. The van der Waals surface area contributed by atoms with Crippen molar-refractivity contribution in [2.75, 3.05) is 125 Å². The molecule has 1 aromatic rings. The monoisotopic (exact) mass is 1190 g/mol. The SMILES string of the molecule is CC(=O)N[C@H]1C(OCCOCCOCCOCCNC(=O)c2cc(N)cc(C(=O)NCCOCCOCCOCCOC3C[C@H](COC(C)=O)[C@H](OC(C)=O)[C@H](OC(C)=O)[C@H]3NC(C)=O)c2)O[C@H](COC(C)=O)[C@H](OC(C)=O)[C@@H]1OC(C)=O. The van der Waals surface area contributed by atoms with E-state index >= 15 is 0 Å². The number of carbonyl (C=O) groups is 10. The number of nitrogens with one attached hydrogen (secondary N) is 4. The zero-order chi connectivity index (χ0) is 61.3. The van der Waals surface area contributed by atoms with Gasteiger partial charge in [0.15, 0.2) is 24.6 Å². The lowest BCUT2D eigenvalue weighted by Crippen LogP contribution is -2.66. The number of hydrogen-bond donors (Lipinski definition) is 5. The minimum absolute atomic E-state index is 0.0459. The molecule has 1 heterocycles. The van der Waals surface area contributed by atoms with E-state index in [0.717, 1.165) is 13.8 Å². The molecular weight excluding hydrogens is 1110 g/mol. The Morgan fingerprint density at radius 1 is 0.458 bits per heavy atom. The van der Waals surface area contributed by atoms with Crippen LogP contribution in [0, 0.1) is 5.92 Å². The Morgan fingerprint density at radius 2 is 0.843 bits per heavy atom. The molecule has 0 spiro atoms. The van der Waals surface area contributed by atoms with E-state index in [1.165, 1.54) is 59.7 Å². The summed E-state index contributed by atoms with van der Waals surface area (Å²) in [4.78, 5) is 121. The van der Waals surface area contributed by atoms with Gasteiger partial charge in [0, 0.05) is 91.2 Å². The number of nitrogens with two attached hydrogens (primary N) is 1. The van der Waals surface area contributed by atoms with Gasteiger partial charge in [-0.1, -0.05) is 0 Å². The second-order valence-electron chi connectivity index (χ2n) is 18.7. The number of nitrogen functional groups attached to an aromatic ring is 1. The fraction of sp³-hybridized carbons (Fsp3) is 0.698. The molecule has 30 heteroatoms. The third kappa shape index (κ3) is 28.5. The lowest BCUT2D eigenvalue weighted by atomic mass is 9.79. The molecular formula is C53H81N5O25. The number of amides is 4. The highest BCUT2D eigenvalue weighted by molar-refractivity contribution is 6.01. The van der Waals surface area contributed by atoms with Crippen LogP contribution in [0.2, 0.25) is 0 Å². The Morgan fingerprint density at radius 3 is 1.29 bits per heavy atom. The van der Waals surface area contributed by atoms with Crippen LogP contribution in [0.25, 0.3) is 0 Å². The highest BCUT2D eigenvalue weighted by Gasteiger charge is 2.52. The summed E-state index contributed by atoms with van der Waals surface area (Å²) in [5, 5.41) is 10.8. The first-order valence-corrected chi connectivity index (χ1v) is 26.9. The summed E-state index contributed by atoms with van der Waals surface area (Å²) >= 11 is 0. The second kappa shape index (κ2) is 39.0. The van der Waals surface area contributed by atoms with Crippen LogP contribution in [0.4, 0.5) is 5.69 Å². The average Bonchev–Trinajstić information content (AvgIpc) is 3.12. The minimum Gasteiger partial charge on any atom is -0.465 e. The summed E-state index contributed by atoms with van der Waals surface area (Å²) in [6.07, 6.45) is -7.52. The predicted molar refractivity (Wildman–Crippen MR) is 284 cm³/mol. The molecule has 1 aliphatic carbocycles. The molecule has 6 N–H and O–H groups in total. The minimum atomic E-state index is -1.25. The predicted octanol–water partition coefficient (Wildman–Crippen LogP) is -1.16. The first kappa shape index (κ1) is 70.6. The van der Waals surface area contributed by atoms with Gasteiger partial charge >= 0.3 is 35.8 Å². The van der Waals surface area contributed by atoms with Crippen LogP contribution in [0.1, 0.15) is 82.5 Å². The standard InChI is InChI=1S/C53H81N5O25/c1-31(59)57-45-43(28-41(29-77-33(3)61)47(79-35(5)63)49(45)81-37(7)65)75-23-21-73-19-17-71-15-13-69-11-9-55-51(67)39-25-40(27-42(54)26-39)52(68)56-10-12-70-14-16-72-18-20-74-22-24-76-53-46(58-32(2)60)50(82-38(8)66)48(80-36(6)64)44(83-53)30-78-34(4)62/h25-27,41,43-50,53H,9-24,28-30,54H2,1-8H3,(H,55,67)(H,56,68)(H,57,59)(H,58,60)/t41-,43?,44-,45+,46-,47+,48+,49-,50-,53?/m1/s1. The molecule has 0 bridgehead atoms. The first-order valence-electron chi connectivity index (χ1n) is 26.9. The normalized spacial score (nSPS) is 22.0. The Hall–Kier alpha value is -6.64. The van der Waals surface area contributed by atoms with Gasteiger partial charge in [0.25, 0.3) is 11.8 Å². The molecule has 468 valence electrons. The van der Waals surface area contributed by atoms with Crippen LogP contribution in [0.15, 0.2) is 18.2 Å². The van der Waals surface area contributed by atoms with Crippen molar-refractivity contribution in [2.45, 2.75) is 117 Å². The van der Waals surface area contributed by atoms with Crippen molar-refractivity contribution in [3.63, 3.8) is 0 Å². The summed E-state index contributed by atoms with van der Waals surface area (Å²) in [6, 6.07) is 2.30. The van der Waals surface area contributed by atoms with Gasteiger partial charge in [-0.15, -0.1) is 0 Å². The van der Waals surface area contributed by atoms with Crippen molar-refractivity contribution in [1.29, 1.82) is 0 Å². The molecule has 10 atom stereocenters. The molecule has 0 radical (unpaired) electrons. The molecule has 83 heavy (non-hydrogen) atoms. The van der Waals surface area contributed by atoms with E-state index in [-0.39, 0.29) is 142 Å². The number of carbonyl (C=O) groups excluding carboxylic acids is 10. The van der Waals surface area contributed by atoms with E-state index in [4.69, 9.17) is 76.8 Å². The van der Waals surface area contributed by atoms with Crippen LogP contribution >= 0.6 is 0 Å². The molecule has 4 amide bonds. The number of rotatable bonds is 38.